The SMILES string of the molecule is COc1ccc([C@@H](CNC(=O)CCc2ccc(S(=O)(=O)N3CCOCC3)cc2)N(C)C)cc1. The Morgan fingerprint density at radius 2 is 1.73 bits per heavy atom. The zero-order valence-electron chi connectivity index (χ0n) is 19.5. The summed E-state index contributed by atoms with van der Waals surface area (Å²) in [6, 6.07) is 14.7. The second kappa shape index (κ2) is 11.6. The lowest BCUT2D eigenvalue weighted by atomic mass is 10.1. The molecule has 1 saturated heterocycles. The minimum Gasteiger partial charge on any atom is -0.497 e. The number of benzene rings is 2. The highest BCUT2D eigenvalue weighted by Gasteiger charge is 2.26. The van der Waals surface area contributed by atoms with Crippen LogP contribution in [0.1, 0.15) is 23.6 Å². The van der Waals surface area contributed by atoms with Crippen molar-refractivity contribution in [1.29, 1.82) is 0 Å². The number of methoxy groups -OCH3 is 1. The molecule has 1 N–H and O–H groups in total. The Labute approximate surface area is 196 Å². The number of likely N-dealkylation sites (N-methyl/N-ethyl adjacent to an activating group) is 1. The molecule has 0 aliphatic carbocycles. The number of nitrogens with zero attached hydrogens (tertiary/aromatic N) is 2. The van der Waals surface area contributed by atoms with Crippen LogP contribution in [0.15, 0.2) is 53.4 Å². The lowest BCUT2D eigenvalue weighted by Crippen LogP contribution is -2.40. The zero-order valence-corrected chi connectivity index (χ0v) is 20.3. The molecular formula is C24H33N3O5S. The third-order valence-corrected chi connectivity index (χ3v) is 7.70. The summed E-state index contributed by atoms with van der Waals surface area (Å²) < 4.78 is 37.3. The smallest absolute Gasteiger partial charge is 0.243 e. The van der Waals surface area contributed by atoms with Crippen LogP contribution in [0.4, 0.5) is 0 Å². The van der Waals surface area contributed by atoms with Crippen LogP contribution in [0.3, 0.4) is 0 Å². The van der Waals surface area contributed by atoms with Gasteiger partial charge in [0.15, 0.2) is 0 Å². The van der Waals surface area contributed by atoms with E-state index < -0.39 is 10.0 Å². The molecule has 0 saturated carbocycles. The molecule has 0 aromatic heterocycles. The van der Waals surface area contributed by atoms with E-state index in [1.54, 1.807) is 31.4 Å². The normalized spacial score (nSPS) is 15.9. The molecule has 0 spiro atoms. The average Bonchev–Trinajstić information content (AvgIpc) is 2.84. The van der Waals surface area contributed by atoms with E-state index in [2.05, 4.69) is 10.2 Å². The number of rotatable bonds is 10. The first kappa shape index (κ1) is 25.2. The first-order chi connectivity index (χ1) is 15.8. The molecule has 2 aromatic carbocycles. The van der Waals surface area contributed by atoms with Gasteiger partial charge in [0.05, 0.1) is 31.3 Å². The topological polar surface area (TPSA) is 88.2 Å². The van der Waals surface area contributed by atoms with Gasteiger partial charge in [0.1, 0.15) is 5.75 Å². The number of carbonyl (C=O) groups is 1. The van der Waals surface area contributed by atoms with E-state index in [1.807, 2.05) is 38.4 Å². The fourth-order valence-electron chi connectivity index (χ4n) is 3.75. The highest BCUT2D eigenvalue weighted by atomic mass is 32.2. The van der Waals surface area contributed by atoms with Crippen LogP contribution in [0, 0.1) is 0 Å². The minimum atomic E-state index is -3.51. The van der Waals surface area contributed by atoms with Crippen LogP contribution in [0.25, 0.3) is 0 Å². The fraction of sp³-hybridized carbons (Fsp3) is 0.458. The molecule has 3 rings (SSSR count). The first-order valence-corrected chi connectivity index (χ1v) is 12.5. The number of amides is 1. The van der Waals surface area contributed by atoms with E-state index >= 15 is 0 Å². The number of hydrogen-bond acceptors (Lipinski definition) is 6. The maximum atomic E-state index is 12.7. The van der Waals surface area contributed by atoms with Gasteiger partial charge in [-0.2, -0.15) is 4.31 Å². The molecule has 180 valence electrons. The van der Waals surface area contributed by atoms with E-state index in [1.165, 1.54) is 4.31 Å². The third kappa shape index (κ3) is 6.77. The maximum Gasteiger partial charge on any atom is 0.243 e. The second-order valence-corrected chi connectivity index (χ2v) is 10.2. The Balaban J connectivity index is 1.51. The van der Waals surface area contributed by atoms with Crippen LogP contribution in [-0.4, -0.2) is 77.6 Å². The van der Waals surface area contributed by atoms with Gasteiger partial charge in [0, 0.05) is 26.1 Å². The lowest BCUT2D eigenvalue weighted by Gasteiger charge is -2.26. The zero-order chi connectivity index (χ0) is 23.8. The minimum absolute atomic E-state index is 0.0413. The molecule has 0 unspecified atom stereocenters. The van der Waals surface area contributed by atoms with Gasteiger partial charge < -0.3 is 19.7 Å². The van der Waals surface area contributed by atoms with E-state index in [-0.39, 0.29) is 16.8 Å². The molecule has 1 atom stereocenters. The molecule has 1 aliphatic rings. The monoisotopic (exact) mass is 475 g/mol. The predicted octanol–water partition coefficient (Wildman–Crippen LogP) is 2.07. The number of ether oxygens (including phenoxy) is 2. The number of sulfonamides is 1. The van der Waals surface area contributed by atoms with Gasteiger partial charge in [0.25, 0.3) is 0 Å². The van der Waals surface area contributed by atoms with Crippen LogP contribution < -0.4 is 10.1 Å². The van der Waals surface area contributed by atoms with Gasteiger partial charge in [-0.1, -0.05) is 24.3 Å². The summed E-state index contributed by atoms with van der Waals surface area (Å²) in [6.45, 7) is 2.07. The van der Waals surface area contributed by atoms with Crippen molar-refractivity contribution in [2.75, 3.05) is 54.1 Å². The van der Waals surface area contributed by atoms with Crippen LogP contribution in [0.5, 0.6) is 5.75 Å². The molecular weight excluding hydrogens is 442 g/mol. The average molecular weight is 476 g/mol. The van der Waals surface area contributed by atoms with Crippen molar-refractivity contribution in [3.8, 4) is 5.75 Å². The summed E-state index contributed by atoms with van der Waals surface area (Å²) in [4.78, 5) is 14.8. The van der Waals surface area contributed by atoms with Gasteiger partial charge in [0.2, 0.25) is 15.9 Å². The number of carbonyl (C=O) groups excluding carboxylic acids is 1. The van der Waals surface area contributed by atoms with Crippen LogP contribution in [-0.2, 0) is 26.0 Å². The van der Waals surface area contributed by atoms with E-state index in [0.29, 0.717) is 45.7 Å². The molecule has 1 heterocycles. The quantitative estimate of drug-likeness (QED) is 0.566. The third-order valence-electron chi connectivity index (χ3n) is 5.79. The molecule has 0 bridgehead atoms. The molecule has 1 aliphatic heterocycles. The highest BCUT2D eigenvalue weighted by Crippen LogP contribution is 2.21. The molecule has 0 radical (unpaired) electrons. The van der Waals surface area contributed by atoms with Crippen molar-refractivity contribution in [1.82, 2.24) is 14.5 Å². The Bertz CT molecular complexity index is 1000. The second-order valence-electron chi connectivity index (χ2n) is 8.22. The van der Waals surface area contributed by atoms with Crippen molar-refractivity contribution >= 4 is 15.9 Å². The summed E-state index contributed by atoms with van der Waals surface area (Å²) in [6.07, 6.45) is 0.872. The standard InChI is InChI=1S/C24H33N3O5S/c1-26(2)23(20-7-9-21(31-3)10-8-20)18-25-24(28)13-6-19-4-11-22(12-5-19)33(29,30)27-14-16-32-17-15-27/h4-5,7-12,23H,6,13-18H2,1-3H3,(H,25,28)/t23-/m1/s1. The molecule has 2 aromatic rings. The van der Waals surface area contributed by atoms with Crippen molar-refractivity contribution in [2.24, 2.45) is 0 Å². The van der Waals surface area contributed by atoms with Crippen LogP contribution >= 0.6 is 0 Å². The van der Waals surface area contributed by atoms with E-state index in [9.17, 15) is 13.2 Å². The van der Waals surface area contributed by atoms with Gasteiger partial charge in [-0.25, -0.2) is 8.42 Å². The summed E-state index contributed by atoms with van der Waals surface area (Å²) in [5.41, 5.74) is 2.02. The first-order valence-electron chi connectivity index (χ1n) is 11.0. The summed E-state index contributed by atoms with van der Waals surface area (Å²) >= 11 is 0. The summed E-state index contributed by atoms with van der Waals surface area (Å²) in [5, 5.41) is 3.01. The van der Waals surface area contributed by atoms with Crippen LogP contribution in [0.2, 0.25) is 0 Å². The van der Waals surface area contributed by atoms with Gasteiger partial charge in [-0.15, -0.1) is 0 Å². The maximum absolute atomic E-state index is 12.7. The summed E-state index contributed by atoms with van der Waals surface area (Å²) in [7, 11) is 2.09. The predicted molar refractivity (Wildman–Crippen MR) is 127 cm³/mol. The number of nitrogens with one attached hydrogen (secondary N) is 1. The Morgan fingerprint density at radius 1 is 1.09 bits per heavy atom. The van der Waals surface area contributed by atoms with Gasteiger partial charge in [-0.05, 0) is 55.9 Å². The number of aryl methyl sites for hydroxylation is 1. The summed E-state index contributed by atoms with van der Waals surface area (Å²) in [5.74, 6) is 0.754. The molecule has 8 nitrogen and oxygen atoms in total. The molecule has 1 amide bonds. The van der Waals surface area contributed by atoms with Crippen molar-refractivity contribution < 1.29 is 22.7 Å². The lowest BCUT2D eigenvalue weighted by molar-refractivity contribution is -0.121. The van der Waals surface area contributed by atoms with Gasteiger partial charge >= 0.3 is 0 Å². The van der Waals surface area contributed by atoms with Crippen molar-refractivity contribution in [2.45, 2.75) is 23.8 Å². The number of hydrogen-bond donors (Lipinski definition) is 1. The number of morpholine rings is 1. The fourth-order valence-corrected chi connectivity index (χ4v) is 5.15. The molecule has 1 fully saturated rings. The van der Waals surface area contributed by atoms with Crippen molar-refractivity contribution in [3.05, 3.63) is 59.7 Å². The Hall–Kier alpha value is -2.46. The van der Waals surface area contributed by atoms with Gasteiger partial charge in [-0.3, -0.25) is 4.79 Å². The highest BCUT2D eigenvalue weighted by molar-refractivity contribution is 7.89. The largest absolute Gasteiger partial charge is 0.497 e. The Kier molecular flexibility index (Phi) is 8.85. The Morgan fingerprint density at radius 3 is 2.30 bits per heavy atom. The van der Waals surface area contributed by atoms with E-state index in [0.717, 1.165) is 16.9 Å². The molecule has 33 heavy (non-hydrogen) atoms. The van der Waals surface area contributed by atoms with Crippen molar-refractivity contribution in [3.63, 3.8) is 0 Å². The molecule has 9 heteroatoms. The van der Waals surface area contributed by atoms with E-state index in [4.69, 9.17) is 9.47 Å².